The maximum absolute atomic E-state index is 12.1. The second-order valence-electron chi connectivity index (χ2n) is 4.35. The molecule has 1 atom stereocenters. The van der Waals surface area contributed by atoms with Gasteiger partial charge in [0.15, 0.2) is 5.72 Å². The van der Waals surface area contributed by atoms with E-state index in [1.54, 1.807) is 6.92 Å². The topological polar surface area (TPSA) is 47.6 Å². The zero-order chi connectivity index (χ0) is 14.3. The van der Waals surface area contributed by atoms with E-state index in [1.165, 1.54) is 6.07 Å². The Hall–Kier alpha value is -1.92. The summed E-state index contributed by atoms with van der Waals surface area (Å²) in [5, 5.41) is 2.59. The van der Waals surface area contributed by atoms with Crippen LogP contribution < -0.4 is 14.8 Å². The number of nitrogens with one attached hydrogen (secondary N) is 1. The number of halogens is 3. The van der Waals surface area contributed by atoms with E-state index in [-0.39, 0.29) is 11.3 Å². The van der Waals surface area contributed by atoms with Crippen LogP contribution in [0.2, 0.25) is 0 Å². The van der Waals surface area contributed by atoms with Gasteiger partial charge in [-0.15, -0.1) is 13.2 Å². The Morgan fingerprint density at radius 3 is 2.68 bits per heavy atom. The van der Waals surface area contributed by atoms with Crippen LogP contribution in [0, 0.1) is 0 Å². The molecule has 0 saturated heterocycles. The Morgan fingerprint density at radius 1 is 1.42 bits per heavy atom. The summed E-state index contributed by atoms with van der Waals surface area (Å²) in [5.41, 5.74) is -0.830. The molecule has 4 nitrogen and oxygen atoms in total. The largest absolute Gasteiger partial charge is 0.573 e. The summed E-state index contributed by atoms with van der Waals surface area (Å²) in [4.78, 5) is 11.8. The number of carbonyl (C=O) groups is 1. The van der Waals surface area contributed by atoms with Crippen LogP contribution in [-0.2, 0) is 0 Å². The highest BCUT2D eigenvalue weighted by atomic mass is 19.4. The minimum Gasteiger partial charge on any atom is -0.468 e. The lowest BCUT2D eigenvalue weighted by Gasteiger charge is -2.35. The molecule has 0 bridgehead atoms. The molecule has 0 aliphatic carbocycles. The predicted octanol–water partition coefficient (Wildman–Crippen LogP) is 2.83. The average Bonchev–Trinajstić information content (AvgIpc) is 2.28. The molecule has 0 saturated carbocycles. The van der Waals surface area contributed by atoms with Gasteiger partial charge in [-0.2, -0.15) is 0 Å². The van der Waals surface area contributed by atoms with Crippen molar-refractivity contribution in [3.05, 3.63) is 23.8 Å². The molecule has 1 N–H and O–H groups in total. The van der Waals surface area contributed by atoms with E-state index in [1.807, 2.05) is 6.92 Å². The molecule has 0 aromatic heterocycles. The summed E-state index contributed by atoms with van der Waals surface area (Å²) in [6.07, 6.45) is -4.27. The maximum Gasteiger partial charge on any atom is 0.573 e. The molecule has 1 amide bonds. The molecule has 0 spiro atoms. The molecule has 2 rings (SSSR count). The number of rotatable bonds is 2. The summed E-state index contributed by atoms with van der Waals surface area (Å²) in [5.74, 6) is -0.703. The van der Waals surface area contributed by atoms with E-state index in [4.69, 9.17) is 4.74 Å². The third-order valence-electron chi connectivity index (χ3n) is 2.82. The van der Waals surface area contributed by atoms with Crippen LogP contribution in [0.1, 0.15) is 30.6 Å². The van der Waals surface area contributed by atoms with E-state index in [2.05, 4.69) is 10.1 Å². The van der Waals surface area contributed by atoms with Crippen molar-refractivity contribution in [2.24, 2.45) is 0 Å². The third-order valence-corrected chi connectivity index (χ3v) is 2.82. The fourth-order valence-corrected chi connectivity index (χ4v) is 1.71. The number of benzene rings is 1. The summed E-state index contributed by atoms with van der Waals surface area (Å²) in [7, 11) is 0. The first kappa shape index (κ1) is 13.5. The van der Waals surface area contributed by atoms with Gasteiger partial charge in [-0.25, -0.2) is 0 Å². The number of fused-ring (bicyclic) bond motifs is 1. The van der Waals surface area contributed by atoms with Crippen molar-refractivity contribution in [2.45, 2.75) is 32.4 Å². The van der Waals surface area contributed by atoms with E-state index in [9.17, 15) is 18.0 Å². The van der Waals surface area contributed by atoms with Crippen molar-refractivity contribution in [3.8, 4) is 11.5 Å². The van der Waals surface area contributed by atoms with E-state index in [0.29, 0.717) is 6.42 Å². The van der Waals surface area contributed by atoms with Gasteiger partial charge in [0.05, 0.1) is 5.56 Å². The molecule has 19 heavy (non-hydrogen) atoms. The molecule has 1 aromatic carbocycles. The van der Waals surface area contributed by atoms with Crippen molar-refractivity contribution < 1.29 is 27.4 Å². The number of amides is 1. The molecular weight excluding hydrogens is 263 g/mol. The van der Waals surface area contributed by atoms with Gasteiger partial charge in [-0.3, -0.25) is 4.79 Å². The van der Waals surface area contributed by atoms with Crippen molar-refractivity contribution >= 4 is 5.91 Å². The van der Waals surface area contributed by atoms with Gasteiger partial charge in [0, 0.05) is 6.42 Å². The van der Waals surface area contributed by atoms with Crippen molar-refractivity contribution in [2.75, 3.05) is 0 Å². The Morgan fingerprint density at radius 2 is 2.11 bits per heavy atom. The van der Waals surface area contributed by atoms with Gasteiger partial charge in [0.1, 0.15) is 11.5 Å². The quantitative estimate of drug-likeness (QED) is 0.902. The molecule has 1 unspecified atom stereocenters. The van der Waals surface area contributed by atoms with Crippen LogP contribution in [0.5, 0.6) is 11.5 Å². The lowest BCUT2D eigenvalue weighted by atomic mass is 10.1. The molecule has 7 heteroatoms. The number of hydrogen-bond donors (Lipinski definition) is 1. The fourth-order valence-electron chi connectivity index (χ4n) is 1.71. The third kappa shape index (κ3) is 2.91. The SMILES string of the molecule is CCC1(C)NC(=O)c2cc(OC(F)(F)F)ccc2O1. The van der Waals surface area contributed by atoms with Gasteiger partial charge in [-0.05, 0) is 25.1 Å². The Kier molecular flexibility index (Phi) is 3.07. The van der Waals surface area contributed by atoms with Crippen LogP contribution in [0.3, 0.4) is 0 Å². The molecule has 104 valence electrons. The predicted molar refractivity (Wildman–Crippen MR) is 59.9 cm³/mol. The Labute approximate surface area is 107 Å². The van der Waals surface area contributed by atoms with Crippen LogP contribution in [0.15, 0.2) is 18.2 Å². The normalized spacial score (nSPS) is 22.3. The van der Waals surface area contributed by atoms with Crippen LogP contribution >= 0.6 is 0 Å². The summed E-state index contributed by atoms with van der Waals surface area (Å²) < 4.78 is 45.6. The Bertz CT molecular complexity index is 515. The Balaban J connectivity index is 2.32. The van der Waals surface area contributed by atoms with Crippen LogP contribution in [0.4, 0.5) is 13.2 Å². The van der Waals surface area contributed by atoms with Gasteiger partial charge < -0.3 is 14.8 Å². The number of carbonyl (C=O) groups excluding carboxylic acids is 1. The minimum atomic E-state index is -4.79. The first-order valence-corrected chi connectivity index (χ1v) is 5.64. The zero-order valence-electron chi connectivity index (χ0n) is 10.3. The van der Waals surface area contributed by atoms with Crippen LogP contribution in [0.25, 0.3) is 0 Å². The molecule has 1 aromatic rings. The van der Waals surface area contributed by atoms with Crippen molar-refractivity contribution in [3.63, 3.8) is 0 Å². The van der Waals surface area contributed by atoms with E-state index < -0.39 is 23.7 Å². The number of hydrogen-bond acceptors (Lipinski definition) is 3. The molecule has 1 aliphatic rings. The molecule has 1 heterocycles. The minimum absolute atomic E-state index is 0.0210. The number of ether oxygens (including phenoxy) is 2. The first-order chi connectivity index (χ1) is 8.72. The fraction of sp³-hybridized carbons (Fsp3) is 0.417. The number of alkyl halides is 3. The highest BCUT2D eigenvalue weighted by Gasteiger charge is 2.36. The van der Waals surface area contributed by atoms with Gasteiger partial charge in [0.2, 0.25) is 0 Å². The first-order valence-electron chi connectivity index (χ1n) is 5.64. The highest BCUT2D eigenvalue weighted by molar-refractivity contribution is 5.98. The lowest BCUT2D eigenvalue weighted by molar-refractivity contribution is -0.274. The van der Waals surface area contributed by atoms with E-state index in [0.717, 1.165) is 12.1 Å². The van der Waals surface area contributed by atoms with Crippen molar-refractivity contribution in [1.29, 1.82) is 0 Å². The smallest absolute Gasteiger partial charge is 0.468 e. The van der Waals surface area contributed by atoms with E-state index >= 15 is 0 Å². The van der Waals surface area contributed by atoms with Crippen molar-refractivity contribution in [1.82, 2.24) is 5.32 Å². The second kappa shape index (κ2) is 4.32. The molecule has 1 aliphatic heterocycles. The average molecular weight is 275 g/mol. The lowest BCUT2D eigenvalue weighted by Crippen LogP contribution is -2.53. The molecule has 0 radical (unpaired) electrons. The summed E-state index contributed by atoms with van der Waals surface area (Å²) >= 11 is 0. The summed E-state index contributed by atoms with van der Waals surface area (Å²) in [6.45, 7) is 3.51. The second-order valence-corrected chi connectivity index (χ2v) is 4.35. The molecular formula is C12H12F3NO3. The highest BCUT2D eigenvalue weighted by Crippen LogP contribution is 2.33. The standard InChI is InChI=1S/C12H12F3NO3/c1-3-11(2)16-10(17)8-6-7(18-12(13,14)15)4-5-9(8)19-11/h4-6H,3H2,1-2H3,(H,16,17). The monoisotopic (exact) mass is 275 g/mol. The van der Waals surface area contributed by atoms with Gasteiger partial charge >= 0.3 is 6.36 Å². The molecule has 0 fully saturated rings. The van der Waals surface area contributed by atoms with Gasteiger partial charge in [0.25, 0.3) is 5.91 Å². The summed E-state index contributed by atoms with van der Waals surface area (Å²) in [6, 6.07) is 3.41. The maximum atomic E-state index is 12.1. The van der Waals surface area contributed by atoms with Crippen LogP contribution in [-0.4, -0.2) is 18.0 Å². The zero-order valence-corrected chi connectivity index (χ0v) is 10.3. The van der Waals surface area contributed by atoms with Gasteiger partial charge in [-0.1, -0.05) is 6.92 Å².